The summed E-state index contributed by atoms with van der Waals surface area (Å²) in [5, 5.41) is 14.1. The Labute approximate surface area is 126 Å². The van der Waals surface area contributed by atoms with Gasteiger partial charge in [0.05, 0.1) is 11.1 Å². The Kier molecular flexibility index (Phi) is 3.33. The number of nitrogens with zero attached hydrogens (tertiary/aromatic N) is 3. The van der Waals surface area contributed by atoms with Gasteiger partial charge in [-0.2, -0.15) is 10.4 Å². The number of nitriles is 1. The van der Waals surface area contributed by atoms with Crippen molar-refractivity contribution in [1.82, 2.24) is 9.78 Å². The summed E-state index contributed by atoms with van der Waals surface area (Å²) in [6, 6.07) is 8.83. The van der Waals surface area contributed by atoms with E-state index in [-0.39, 0.29) is 5.54 Å². The van der Waals surface area contributed by atoms with Crippen LogP contribution in [0, 0.1) is 11.3 Å². The average Bonchev–Trinajstić information content (AvgIpc) is 2.91. The molecule has 0 saturated heterocycles. The summed E-state index contributed by atoms with van der Waals surface area (Å²) in [5.41, 5.74) is 5.29. The highest BCUT2D eigenvalue weighted by molar-refractivity contribution is 5.67. The zero-order valence-electron chi connectivity index (χ0n) is 13.0. The van der Waals surface area contributed by atoms with Gasteiger partial charge in [-0.1, -0.05) is 12.1 Å². The Balaban J connectivity index is 2.08. The van der Waals surface area contributed by atoms with E-state index in [0.29, 0.717) is 5.56 Å². The Morgan fingerprint density at radius 2 is 1.86 bits per heavy atom. The molecule has 0 spiro atoms. The molecule has 1 aliphatic carbocycles. The molecular weight excluding hydrogens is 258 g/mol. The van der Waals surface area contributed by atoms with Crippen molar-refractivity contribution in [2.75, 3.05) is 0 Å². The van der Waals surface area contributed by atoms with E-state index < -0.39 is 0 Å². The van der Waals surface area contributed by atoms with Crippen LogP contribution >= 0.6 is 0 Å². The summed E-state index contributed by atoms with van der Waals surface area (Å²) in [6.45, 7) is 6.29. The molecule has 0 aliphatic heterocycles. The molecule has 0 fully saturated rings. The van der Waals surface area contributed by atoms with Gasteiger partial charge in [0.1, 0.15) is 11.8 Å². The predicted molar refractivity (Wildman–Crippen MR) is 84.0 cm³/mol. The number of rotatable bonds is 1. The monoisotopic (exact) mass is 279 g/mol. The lowest BCUT2D eigenvalue weighted by molar-refractivity contribution is 0.356. The quantitative estimate of drug-likeness (QED) is 0.790. The molecule has 1 aliphatic rings. The second-order valence-corrected chi connectivity index (χ2v) is 6.81. The first kappa shape index (κ1) is 13.9. The maximum atomic E-state index is 9.39. The number of aromatic nitrogens is 2. The molecule has 0 atom stereocenters. The lowest BCUT2D eigenvalue weighted by Gasteiger charge is -2.19. The number of hydrogen-bond acceptors (Lipinski definition) is 2. The molecule has 1 heterocycles. The van der Waals surface area contributed by atoms with E-state index in [1.807, 2.05) is 10.9 Å². The van der Waals surface area contributed by atoms with Crippen LogP contribution in [0.2, 0.25) is 0 Å². The summed E-state index contributed by atoms with van der Waals surface area (Å²) in [7, 11) is 0. The van der Waals surface area contributed by atoms with Crippen LogP contribution in [0.1, 0.15) is 50.3 Å². The second kappa shape index (κ2) is 5.04. The highest BCUT2D eigenvalue weighted by atomic mass is 15.3. The third kappa shape index (κ3) is 2.58. The van der Waals surface area contributed by atoms with E-state index in [1.165, 1.54) is 30.4 Å². The topological polar surface area (TPSA) is 41.6 Å². The van der Waals surface area contributed by atoms with Crippen molar-refractivity contribution in [3.05, 3.63) is 41.1 Å². The van der Waals surface area contributed by atoms with Crippen molar-refractivity contribution in [1.29, 1.82) is 5.26 Å². The third-order valence-corrected chi connectivity index (χ3v) is 4.14. The molecule has 0 radical (unpaired) electrons. The van der Waals surface area contributed by atoms with Crippen LogP contribution in [0.4, 0.5) is 0 Å². The van der Waals surface area contributed by atoms with Crippen molar-refractivity contribution in [3.63, 3.8) is 0 Å². The fourth-order valence-electron chi connectivity index (χ4n) is 2.89. The summed E-state index contributed by atoms with van der Waals surface area (Å²) < 4.78 is 1.89. The standard InChI is InChI=1S/C18H21N3/c1-18(2,3)21-12-16(11-19)17(20-21)15-9-8-13-6-4-5-7-14(13)10-15/h8-10,12H,4-7H2,1-3H3. The van der Waals surface area contributed by atoms with Gasteiger partial charge in [0.2, 0.25) is 0 Å². The Morgan fingerprint density at radius 3 is 2.52 bits per heavy atom. The molecule has 3 rings (SSSR count). The summed E-state index contributed by atoms with van der Waals surface area (Å²) in [4.78, 5) is 0. The molecule has 0 N–H and O–H groups in total. The van der Waals surface area contributed by atoms with Crippen molar-refractivity contribution in [2.24, 2.45) is 0 Å². The predicted octanol–water partition coefficient (Wildman–Crippen LogP) is 4.06. The van der Waals surface area contributed by atoms with Crippen molar-refractivity contribution in [3.8, 4) is 17.3 Å². The van der Waals surface area contributed by atoms with Crippen molar-refractivity contribution < 1.29 is 0 Å². The van der Waals surface area contributed by atoms with Gasteiger partial charge < -0.3 is 0 Å². The molecule has 0 bridgehead atoms. The van der Waals surface area contributed by atoms with Gasteiger partial charge in [0, 0.05) is 11.8 Å². The largest absolute Gasteiger partial charge is 0.265 e. The fourth-order valence-corrected chi connectivity index (χ4v) is 2.89. The minimum Gasteiger partial charge on any atom is -0.265 e. The SMILES string of the molecule is CC(C)(C)n1cc(C#N)c(-c2ccc3c(c2)CCCC3)n1. The van der Waals surface area contributed by atoms with Gasteiger partial charge in [-0.25, -0.2) is 0 Å². The Bertz CT molecular complexity index is 711. The first-order valence-electron chi connectivity index (χ1n) is 7.61. The molecule has 0 amide bonds. The zero-order chi connectivity index (χ0) is 15.0. The van der Waals surface area contributed by atoms with Crippen LogP contribution in [0.3, 0.4) is 0 Å². The van der Waals surface area contributed by atoms with Crippen molar-refractivity contribution in [2.45, 2.75) is 52.0 Å². The third-order valence-electron chi connectivity index (χ3n) is 4.14. The summed E-state index contributed by atoms with van der Waals surface area (Å²) in [6.07, 6.45) is 6.73. The Morgan fingerprint density at radius 1 is 1.14 bits per heavy atom. The second-order valence-electron chi connectivity index (χ2n) is 6.81. The number of aryl methyl sites for hydroxylation is 2. The maximum absolute atomic E-state index is 9.39. The van der Waals surface area contributed by atoms with Crippen LogP contribution in [0.15, 0.2) is 24.4 Å². The van der Waals surface area contributed by atoms with E-state index in [4.69, 9.17) is 0 Å². The van der Waals surface area contributed by atoms with Gasteiger partial charge in [-0.05, 0) is 63.6 Å². The van der Waals surface area contributed by atoms with Crippen LogP contribution in [0.25, 0.3) is 11.3 Å². The first-order valence-corrected chi connectivity index (χ1v) is 7.61. The van der Waals surface area contributed by atoms with E-state index in [2.05, 4.69) is 50.1 Å². The summed E-state index contributed by atoms with van der Waals surface area (Å²) >= 11 is 0. The first-order chi connectivity index (χ1) is 9.99. The number of fused-ring (bicyclic) bond motifs is 1. The van der Waals surface area contributed by atoms with Crippen LogP contribution in [-0.2, 0) is 18.4 Å². The van der Waals surface area contributed by atoms with Crippen LogP contribution in [0.5, 0.6) is 0 Å². The minimum absolute atomic E-state index is 0.113. The van der Waals surface area contributed by atoms with Gasteiger partial charge in [-0.3, -0.25) is 4.68 Å². The smallest absolute Gasteiger partial charge is 0.110 e. The van der Waals surface area contributed by atoms with Gasteiger partial charge in [0.25, 0.3) is 0 Å². The van der Waals surface area contributed by atoms with E-state index in [0.717, 1.165) is 17.7 Å². The van der Waals surface area contributed by atoms with Crippen LogP contribution in [-0.4, -0.2) is 9.78 Å². The molecule has 0 saturated carbocycles. The van der Waals surface area contributed by atoms with Gasteiger partial charge >= 0.3 is 0 Å². The lowest BCUT2D eigenvalue weighted by Crippen LogP contribution is -2.22. The summed E-state index contributed by atoms with van der Waals surface area (Å²) in [5.74, 6) is 0. The van der Waals surface area contributed by atoms with E-state index in [1.54, 1.807) is 0 Å². The highest BCUT2D eigenvalue weighted by Crippen LogP contribution is 2.29. The van der Waals surface area contributed by atoms with Crippen molar-refractivity contribution >= 4 is 0 Å². The number of hydrogen-bond donors (Lipinski definition) is 0. The molecule has 108 valence electrons. The molecule has 1 aromatic carbocycles. The Hall–Kier alpha value is -2.08. The highest BCUT2D eigenvalue weighted by Gasteiger charge is 2.20. The van der Waals surface area contributed by atoms with Gasteiger partial charge in [-0.15, -0.1) is 0 Å². The molecule has 3 heteroatoms. The van der Waals surface area contributed by atoms with Gasteiger partial charge in [0.15, 0.2) is 0 Å². The van der Waals surface area contributed by atoms with Crippen LogP contribution < -0.4 is 0 Å². The maximum Gasteiger partial charge on any atom is 0.110 e. The molecule has 0 unspecified atom stereocenters. The fraction of sp³-hybridized carbons (Fsp3) is 0.444. The number of benzene rings is 1. The molecule has 21 heavy (non-hydrogen) atoms. The molecular formula is C18H21N3. The zero-order valence-corrected chi connectivity index (χ0v) is 13.0. The lowest BCUT2D eigenvalue weighted by atomic mass is 9.89. The molecule has 1 aromatic heterocycles. The van der Waals surface area contributed by atoms with E-state index >= 15 is 0 Å². The normalized spacial score (nSPS) is 14.6. The average molecular weight is 279 g/mol. The minimum atomic E-state index is -0.113. The van der Waals surface area contributed by atoms with E-state index in [9.17, 15) is 5.26 Å². The molecule has 3 nitrogen and oxygen atoms in total. The molecule has 2 aromatic rings.